The fraction of sp³-hybridized carbons (Fsp3) is 0.200. The molecule has 2 aromatic rings. The minimum atomic E-state index is -0.179. The third kappa shape index (κ3) is 2.07. The summed E-state index contributed by atoms with van der Waals surface area (Å²) in [6, 6.07) is 4.02. The lowest BCUT2D eigenvalue weighted by molar-refractivity contribution is 0.736. The molecule has 0 fully saturated rings. The predicted molar refractivity (Wildman–Crippen MR) is 60.2 cm³/mol. The maximum absolute atomic E-state index is 11.4. The van der Waals surface area contributed by atoms with Crippen LogP contribution in [0.2, 0.25) is 0 Å². The van der Waals surface area contributed by atoms with Crippen molar-refractivity contribution in [3.63, 3.8) is 0 Å². The average molecular weight is 221 g/mol. The van der Waals surface area contributed by atoms with Crippen LogP contribution in [0.15, 0.2) is 35.0 Å². The van der Waals surface area contributed by atoms with Gasteiger partial charge in [-0.1, -0.05) is 12.1 Å². The van der Waals surface area contributed by atoms with Gasteiger partial charge in [0, 0.05) is 17.8 Å². The first kappa shape index (κ1) is 9.92. The Morgan fingerprint density at radius 3 is 3.20 bits per heavy atom. The van der Waals surface area contributed by atoms with Gasteiger partial charge in [-0.05, 0) is 11.4 Å². The zero-order valence-corrected chi connectivity index (χ0v) is 8.96. The summed E-state index contributed by atoms with van der Waals surface area (Å²) >= 11 is 1.66. The molecule has 0 aliphatic carbocycles. The van der Waals surface area contributed by atoms with E-state index in [2.05, 4.69) is 16.8 Å². The van der Waals surface area contributed by atoms with Gasteiger partial charge in [0.15, 0.2) is 0 Å². The number of aromatic nitrogens is 3. The molecule has 15 heavy (non-hydrogen) atoms. The monoisotopic (exact) mass is 221 g/mol. The summed E-state index contributed by atoms with van der Waals surface area (Å²) in [6.45, 7) is 4.11. The van der Waals surface area contributed by atoms with Gasteiger partial charge in [0.05, 0.1) is 0 Å². The Kier molecular flexibility index (Phi) is 2.82. The lowest BCUT2D eigenvalue weighted by Gasteiger charge is -2.00. The van der Waals surface area contributed by atoms with Gasteiger partial charge >= 0.3 is 5.69 Å². The Hall–Kier alpha value is -1.62. The van der Waals surface area contributed by atoms with Crippen molar-refractivity contribution in [2.45, 2.75) is 13.0 Å². The zero-order valence-electron chi connectivity index (χ0n) is 8.14. The van der Waals surface area contributed by atoms with Crippen LogP contribution in [0.5, 0.6) is 0 Å². The van der Waals surface area contributed by atoms with Gasteiger partial charge in [-0.15, -0.1) is 17.9 Å². The van der Waals surface area contributed by atoms with Crippen LogP contribution in [0.3, 0.4) is 0 Å². The highest BCUT2D eigenvalue weighted by atomic mass is 32.1. The lowest BCUT2D eigenvalue weighted by Crippen LogP contribution is -2.18. The summed E-state index contributed by atoms with van der Waals surface area (Å²) in [7, 11) is 0. The van der Waals surface area contributed by atoms with Gasteiger partial charge in [0.2, 0.25) is 0 Å². The van der Waals surface area contributed by atoms with E-state index in [1.165, 1.54) is 4.88 Å². The highest BCUT2D eigenvalue weighted by Crippen LogP contribution is 2.12. The van der Waals surface area contributed by atoms with Crippen LogP contribution in [0.1, 0.15) is 10.7 Å². The number of hydrogen-bond acceptors (Lipinski definition) is 3. The molecule has 0 aliphatic heterocycles. The molecule has 2 heterocycles. The number of allylic oxidation sites excluding steroid dienone is 1. The van der Waals surface area contributed by atoms with Gasteiger partial charge in [0.25, 0.3) is 0 Å². The molecular weight excluding hydrogens is 210 g/mol. The van der Waals surface area contributed by atoms with Crippen LogP contribution in [0.4, 0.5) is 0 Å². The molecule has 0 radical (unpaired) electrons. The van der Waals surface area contributed by atoms with Gasteiger partial charge in [-0.25, -0.2) is 9.89 Å². The first-order valence-electron chi connectivity index (χ1n) is 4.58. The average Bonchev–Trinajstić information content (AvgIpc) is 2.83. The molecule has 5 heteroatoms. The summed E-state index contributed by atoms with van der Waals surface area (Å²) in [5.74, 6) is 0.752. The smallest absolute Gasteiger partial charge is 0.275 e. The predicted octanol–water partition coefficient (Wildman–Crippen LogP) is 1.41. The third-order valence-corrected chi connectivity index (χ3v) is 2.94. The molecular formula is C10H11N3OS. The first-order valence-corrected chi connectivity index (χ1v) is 5.46. The van der Waals surface area contributed by atoms with E-state index in [0.717, 1.165) is 5.82 Å². The summed E-state index contributed by atoms with van der Waals surface area (Å²) < 4.78 is 1.59. The molecule has 0 saturated carbocycles. The SMILES string of the molecule is C=CCn1c(Cc2cccs2)n[nH]c1=O. The van der Waals surface area contributed by atoms with Crippen molar-refractivity contribution < 1.29 is 0 Å². The number of hydrogen-bond donors (Lipinski definition) is 1. The molecule has 0 amide bonds. The van der Waals surface area contributed by atoms with E-state index in [1.54, 1.807) is 22.0 Å². The van der Waals surface area contributed by atoms with Crippen molar-refractivity contribution in [2.24, 2.45) is 0 Å². The van der Waals surface area contributed by atoms with Gasteiger partial charge in [-0.3, -0.25) is 4.57 Å². The fourth-order valence-corrected chi connectivity index (χ4v) is 2.07. The molecule has 0 bridgehead atoms. The Morgan fingerprint density at radius 2 is 2.53 bits per heavy atom. The van der Waals surface area contributed by atoms with E-state index in [0.29, 0.717) is 13.0 Å². The Bertz CT molecular complexity index is 495. The number of rotatable bonds is 4. The minimum absolute atomic E-state index is 0.179. The van der Waals surface area contributed by atoms with Crippen LogP contribution < -0.4 is 5.69 Å². The second kappa shape index (κ2) is 4.27. The first-order chi connectivity index (χ1) is 7.31. The Morgan fingerprint density at radius 1 is 1.67 bits per heavy atom. The Balaban J connectivity index is 2.28. The number of aromatic amines is 1. The third-order valence-electron chi connectivity index (χ3n) is 2.06. The van der Waals surface area contributed by atoms with Crippen molar-refractivity contribution in [3.05, 3.63) is 51.4 Å². The number of thiophene rings is 1. The number of nitrogens with zero attached hydrogens (tertiary/aromatic N) is 2. The topological polar surface area (TPSA) is 50.7 Å². The van der Waals surface area contributed by atoms with E-state index in [9.17, 15) is 4.79 Å². The molecule has 78 valence electrons. The standard InChI is InChI=1S/C10H11N3OS/c1-2-5-13-9(11-12-10(13)14)7-8-4-3-6-15-8/h2-4,6H,1,5,7H2,(H,12,14). The highest BCUT2D eigenvalue weighted by Gasteiger charge is 2.07. The van der Waals surface area contributed by atoms with Crippen LogP contribution >= 0.6 is 11.3 Å². The van der Waals surface area contributed by atoms with Crippen molar-refractivity contribution in [2.75, 3.05) is 0 Å². The van der Waals surface area contributed by atoms with Crippen molar-refractivity contribution in [3.8, 4) is 0 Å². The number of nitrogens with one attached hydrogen (secondary N) is 1. The van der Waals surface area contributed by atoms with Crippen molar-refractivity contribution >= 4 is 11.3 Å². The summed E-state index contributed by atoms with van der Waals surface area (Å²) in [4.78, 5) is 12.6. The molecule has 0 atom stereocenters. The van der Waals surface area contributed by atoms with E-state index >= 15 is 0 Å². The van der Waals surface area contributed by atoms with Gasteiger partial charge < -0.3 is 0 Å². The molecule has 0 saturated heterocycles. The molecule has 2 rings (SSSR count). The van der Waals surface area contributed by atoms with Crippen LogP contribution in [0.25, 0.3) is 0 Å². The quantitative estimate of drug-likeness (QED) is 0.794. The van der Waals surface area contributed by atoms with Crippen LogP contribution in [0, 0.1) is 0 Å². The van der Waals surface area contributed by atoms with Crippen LogP contribution in [-0.2, 0) is 13.0 Å². The number of H-pyrrole nitrogens is 1. The van der Waals surface area contributed by atoms with E-state index in [4.69, 9.17) is 0 Å². The second-order valence-electron chi connectivity index (χ2n) is 3.10. The summed E-state index contributed by atoms with van der Waals surface area (Å²) in [5.41, 5.74) is -0.179. The van der Waals surface area contributed by atoms with Crippen molar-refractivity contribution in [1.82, 2.24) is 14.8 Å². The Labute approximate surface area is 90.9 Å². The summed E-state index contributed by atoms with van der Waals surface area (Å²) in [5, 5.41) is 8.45. The normalized spacial score (nSPS) is 10.4. The van der Waals surface area contributed by atoms with Gasteiger partial charge in [-0.2, -0.15) is 5.10 Å². The molecule has 2 aromatic heterocycles. The fourth-order valence-electron chi connectivity index (χ4n) is 1.37. The molecule has 0 aromatic carbocycles. The van der Waals surface area contributed by atoms with Crippen molar-refractivity contribution in [1.29, 1.82) is 0 Å². The largest absolute Gasteiger partial charge is 0.343 e. The minimum Gasteiger partial charge on any atom is -0.275 e. The van der Waals surface area contributed by atoms with Gasteiger partial charge in [0.1, 0.15) is 5.82 Å². The van der Waals surface area contributed by atoms with E-state index < -0.39 is 0 Å². The summed E-state index contributed by atoms with van der Waals surface area (Å²) in [6.07, 6.45) is 2.37. The zero-order chi connectivity index (χ0) is 10.7. The van der Waals surface area contributed by atoms with E-state index in [-0.39, 0.29) is 5.69 Å². The maximum Gasteiger partial charge on any atom is 0.343 e. The molecule has 0 spiro atoms. The molecule has 4 nitrogen and oxygen atoms in total. The molecule has 0 aliphatic rings. The highest BCUT2D eigenvalue weighted by molar-refractivity contribution is 7.09. The molecule has 0 unspecified atom stereocenters. The second-order valence-corrected chi connectivity index (χ2v) is 4.13. The maximum atomic E-state index is 11.4. The van der Waals surface area contributed by atoms with Crippen LogP contribution in [-0.4, -0.2) is 14.8 Å². The lowest BCUT2D eigenvalue weighted by atomic mass is 10.3. The van der Waals surface area contributed by atoms with E-state index in [1.807, 2.05) is 17.5 Å². The molecule has 1 N–H and O–H groups in total.